The molecule has 0 amide bonds. The number of H-pyrrole nitrogens is 2. The number of rotatable bonds is 3. The Bertz CT molecular complexity index is 1020. The van der Waals surface area contributed by atoms with Gasteiger partial charge in [-0.1, -0.05) is 30.3 Å². The van der Waals surface area contributed by atoms with Crippen molar-refractivity contribution in [2.24, 2.45) is 7.05 Å². The summed E-state index contributed by atoms with van der Waals surface area (Å²) in [5.74, 6) is 0. The molecular formula is C18H19N5OS. The highest BCUT2D eigenvalue weighted by atomic mass is 32.1. The van der Waals surface area contributed by atoms with Gasteiger partial charge in [-0.2, -0.15) is 5.10 Å². The monoisotopic (exact) mass is 353 g/mol. The van der Waals surface area contributed by atoms with Crippen molar-refractivity contribution in [2.75, 3.05) is 6.54 Å². The lowest BCUT2D eigenvalue weighted by molar-refractivity contribution is 0.242. The molecule has 4 rings (SSSR count). The summed E-state index contributed by atoms with van der Waals surface area (Å²) in [5.41, 5.74) is 4.92. The summed E-state index contributed by atoms with van der Waals surface area (Å²) < 4.78 is 2.25. The van der Waals surface area contributed by atoms with Gasteiger partial charge in [-0.25, -0.2) is 0 Å². The van der Waals surface area contributed by atoms with Crippen LogP contribution in [0.1, 0.15) is 16.8 Å². The minimum Gasteiger partial charge on any atom is -0.335 e. The number of nitrogens with one attached hydrogen (secondary N) is 2. The molecule has 1 aliphatic rings. The molecule has 0 saturated heterocycles. The van der Waals surface area contributed by atoms with Gasteiger partial charge in [0.15, 0.2) is 4.77 Å². The van der Waals surface area contributed by atoms with Gasteiger partial charge < -0.3 is 4.98 Å². The van der Waals surface area contributed by atoms with E-state index in [1.807, 2.05) is 29.9 Å². The van der Waals surface area contributed by atoms with Crippen LogP contribution in [0, 0.1) is 4.77 Å². The van der Waals surface area contributed by atoms with Gasteiger partial charge in [0, 0.05) is 56.1 Å². The average molecular weight is 353 g/mol. The van der Waals surface area contributed by atoms with E-state index in [2.05, 4.69) is 38.3 Å². The SMILES string of the molecule is Cn1cc(CN2CCc3[nH]c(=S)[nH]c(=O)c3C2)c(-c2ccccc2)n1. The number of nitrogens with zero attached hydrogens (tertiary/aromatic N) is 3. The summed E-state index contributed by atoms with van der Waals surface area (Å²) in [6.07, 6.45) is 2.85. The highest BCUT2D eigenvalue weighted by Gasteiger charge is 2.21. The van der Waals surface area contributed by atoms with Crippen molar-refractivity contribution in [3.8, 4) is 11.3 Å². The summed E-state index contributed by atoms with van der Waals surface area (Å²) in [5, 5.41) is 4.62. The third kappa shape index (κ3) is 3.20. The van der Waals surface area contributed by atoms with E-state index < -0.39 is 0 Å². The van der Waals surface area contributed by atoms with E-state index in [4.69, 9.17) is 12.2 Å². The van der Waals surface area contributed by atoms with Crippen LogP contribution >= 0.6 is 12.2 Å². The molecule has 128 valence electrons. The van der Waals surface area contributed by atoms with Crippen molar-refractivity contribution in [2.45, 2.75) is 19.5 Å². The molecule has 0 unspecified atom stereocenters. The molecule has 0 aliphatic carbocycles. The maximum Gasteiger partial charge on any atom is 0.256 e. The van der Waals surface area contributed by atoms with Crippen LogP contribution < -0.4 is 5.56 Å². The molecule has 2 N–H and O–H groups in total. The van der Waals surface area contributed by atoms with E-state index in [0.29, 0.717) is 11.3 Å². The molecule has 3 heterocycles. The minimum absolute atomic E-state index is 0.0853. The first kappa shape index (κ1) is 16.0. The van der Waals surface area contributed by atoms with Crippen LogP contribution in [0.5, 0.6) is 0 Å². The molecular weight excluding hydrogens is 334 g/mol. The molecule has 0 bridgehead atoms. The van der Waals surface area contributed by atoms with Gasteiger partial charge in [0.25, 0.3) is 5.56 Å². The zero-order valence-corrected chi connectivity index (χ0v) is 14.8. The van der Waals surface area contributed by atoms with Crippen molar-refractivity contribution in [1.29, 1.82) is 0 Å². The van der Waals surface area contributed by atoms with Gasteiger partial charge in [-0.05, 0) is 12.2 Å². The highest BCUT2D eigenvalue weighted by molar-refractivity contribution is 7.71. The van der Waals surface area contributed by atoms with E-state index in [-0.39, 0.29) is 5.56 Å². The first-order chi connectivity index (χ1) is 12.1. The van der Waals surface area contributed by atoms with Crippen LogP contribution in [0.25, 0.3) is 11.3 Å². The second kappa shape index (κ2) is 6.42. The van der Waals surface area contributed by atoms with E-state index in [0.717, 1.165) is 47.6 Å². The highest BCUT2D eigenvalue weighted by Crippen LogP contribution is 2.24. The first-order valence-electron chi connectivity index (χ1n) is 8.25. The Morgan fingerprint density at radius 3 is 2.84 bits per heavy atom. The third-order valence-corrected chi connectivity index (χ3v) is 4.74. The van der Waals surface area contributed by atoms with E-state index in [1.165, 1.54) is 0 Å². The summed E-state index contributed by atoms with van der Waals surface area (Å²) >= 11 is 5.06. The number of aryl methyl sites for hydroxylation is 1. The lowest BCUT2D eigenvalue weighted by atomic mass is 10.0. The summed E-state index contributed by atoms with van der Waals surface area (Å²) in [6.45, 7) is 2.25. The average Bonchev–Trinajstić information content (AvgIpc) is 2.96. The van der Waals surface area contributed by atoms with Crippen molar-refractivity contribution in [3.05, 3.63) is 68.5 Å². The maximum absolute atomic E-state index is 12.2. The molecule has 7 heteroatoms. The number of hydrogen-bond donors (Lipinski definition) is 2. The summed E-state index contributed by atoms with van der Waals surface area (Å²) in [4.78, 5) is 20.3. The lowest BCUT2D eigenvalue weighted by Crippen LogP contribution is -2.35. The first-order valence-corrected chi connectivity index (χ1v) is 8.65. The zero-order valence-electron chi connectivity index (χ0n) is 14.0. The predicted octanol–water partition coefficient (Wildman–Crippen LogP) is 2.39. The smallest absolute Gasteiger partial charge is 0.256 e. The number of aromatic amines is 2. The summed E-state index contributed by atoms with van der Waals surface area (Å²) in [6, 6.07) is 10.2. The fourth-order valence-corrected chi connectivity index (χ4v) is 3.60. The van der Waals surface area contributed by atoms with Crippen molar-refractivity contribution in [3.63, 3.8) is 0 Å². The van der Waals surface area contributed by atoms with Crippen molar-refractivity contribution in [1.82, 2.24) is 24.6 Å². The molecule has 25 heavy (non-hydrogen) atoms. The fraction of sp³-hybridized carbons (Fsp3) is 0.278. The fourth-order valence-electron chi connectivity index (χ4n) is 3.38. The van der Waals surface area contributed by atoms with Crippen LogP contribution in [-0.4, -0.2) is 31.2 Å². The van der Waals surface area contributed by atoms with Crippen LogP contribution in [0.15, 0.2) is 41.3 Å². The lowest BCUT2D eigenvalue weighted by Gasteiger charge is -2.27. The molecule has 0 saturated carbocycles. The largest absolute Gasteiger partial charge is 0.335 e. The number of aromatic nitrogens is 4. The Morgan fingerprint density at radius 2 is 2.04 bits per heavy atom. The summed E-state index contributed by atoms with van der Waals surface area (Å²) in [7, 11) is 1.94. The topological polar surface area (TPSA) is 69.7 Å². The maximum atomic E-state index is 12.2. The van der Waals surface area contributed by atoms with Crippen molar-refractivity contribution >= 4 is 12.2 Å². The predicted molar refractivity (Wildman–Crippen MR) is 98.7 cm³/mol. The quantitative estimate of drug-likeness (QED) is 0.710. The Labute approximate surface area is 150 Å². The van der Waals surface area contributed by atoms with Gasteiger partial charge >= 0.3 is 0 Å². The number of benzene rings is 1. The molecule has 0 atom stereocenters. The standard InChI is InChI=1S/C18H19N5OS/c1-22-9-13(16(21-22)12-5-3-2-4-6-12)10-23-8-7-15-14(11-23)17(24)20-18(25)19-15/h2-6,9H,7-8,10-11H2,1H3,(H2,19,20,24,25). The van der Waals surface area contributed by atoms with E-state index in [1.54, 1.807) is 0 Å². The molecule has 0 fully saturated rings. The molecule has 2 aromatic heterocycles. The minimum atomic E-state index is -0.0853. The van der Waals surface area contributed by atoms with Crippen LogP contribution in [-0.2, 0) is 26.6 Å². The molecule has 1 aliphatic heterocycles. The number of hydrogen-bond acceptors (Lipinski definition) is 4. The molecule has 6 nitrogen and oxygen atoms in total. The molecule has 3 aromatic rings. The van der Waals surface area contributed by atoms with E-state index >= 15 is 0 Å². The normalized spacial score (nSPS) is 14.4. The van der Waals surface area contributed by atoms with Gasteiger partial charge in [0.05, 0.1) is 11.3 Å². The Morgan fingerprint density at radius 1 is 1.24 bits per heavy atom. The molecule has 0 spiro atoms. The molecule has 1 aromatic carbocycles. The second-order valence-electron chi connectivity index (χ2n) is 6.37. The molecule has 0 radical (unpaired) electrons. The van der Waals surface area contributed by atoms with Gasteiger partial charge in [-0.15, -0.1) is 0 Å². The second-order valence-corrected chi connectivity index (χ2v) is 6.78. The Kier molecular flexibility index (Phi) is 4.10. The van der Waals surface area contributed by atoms with Crippen molar-refractivity contribution < 1.29 is 0 Å². The van der Waals surface area contributed by atoms with Crippen LogP contribution in [0.4, 0.5) is 0 Å². The van der Waals surface area contributed by atoms with E-state index in [9.17, 15) is 4.79 Å². The Balaban J connectivity index is 1.62. The van der Waals surface area contributed by atoms with Gasteiger partial charge in [0.2, 0.25) is 0 Å². The zero-order chi connectivity index (χ0) is 17.4. The Hall–Kier alpha value is -2.51. The van der Waals surface area contributed by atoms with Gasteiger partial charge in [0.1, 0.15) is 0 Å². The van der Waals surface area contributed by atoms with Gasteiger partial charge in [-0.3, -0.25) is 19.4 Å². The third-order valence-electron chi connectivity index (χ3n) is 4.54. The number of fused-ring (bicyclic) bond motifs is 1. The van der Waals surface area contributed by atoms with Crippen LogP contribution in [0.2, 0.25) is 0 Å². The van der Waals surface area contributed by atoms with Crippen LogP contribution in [0.3, 0.4) is 0 Å².